The fourth-order valence-corrected chi connectivity index (χ4v) is 6.17. The summed E-state index contributed by atoms with van der Waals surface area (Å²) >= 11 is 24.1. The molecule has 1 aliphatic rings. The van der Waals surface area contributed by atoms with E-state index in [1.807, 2.05) is 0 Å². The van der Waals surface area contributed by atoms with Gasteiger partial charge in [0.2, 0.25) is 0 Å². The number of halogens is 11. The van der Waals surface area contributed by atoms with Gasteiger partial charge < -0.3 is 5.32 Å². The number of hydrogen-bond acceptors (Lipinski definition) is 2. The van der Waals surface area contributed by atoms with Gasteiger partial charge in [-0.1, -0.05) is 48.7 Å². The smallest absolute Gasteiger partial charge is 0.310 e. The molecule has 1 fully saturated rings. The van der Waals surface area contributed by atoms with Gasteiger partial charge in [-0.15, -0.1) is 23.2 Å². The van der Waals surface area contributed by atoms with Crippen LogP contribution in [0, 0.1) is 17.6 Å². The number of anilines is 1. The van der Waals surface area contributed by atoms with Gasteiger partial charge in [-0.25, -0.2) is 8.78 Å². The Kier molecular flexibility index (Phi) is 7.01. The van der Waals surface area contributed by atoms with Crippen molar-refractivity contribution in [1.29, 1.82) is 0 Å². The third kappa shape index (κ3) is 6.43. The maximum Gasteiger partial charge on any atom is 0.310 e. The molecule has 0 radical (unpaired) electrons. The van der Waals surface area contributed by atoms with Crippen molar-refractivity contribution in [2.45, 2.75) is 21.6 Å². The number of carbonyl (C=O) groups excluding carboxylic acids is 2. The van der Waals surface area contributed by atoms with Crippen LogP contribution in [0.5, 0.6) is 0 Å². The molecule has 3 aromatic carbocycles. The number of carbonyl (C=O) groups is 2. The zero-order valence-corrected chi connectivity index (χ0v) is 22.8. The van der Waals surface area contributed by atoms with Gasteiger partial charge in [0.1, 0.15) is 26.6 Å². The van der Waals surface area contributed by atoms with Crippen LogP contribution >= 0.6 is 56.6 Å². The fourth-order valence-electron chi connectivity index (χ4n) is 4.08. The van der Waals surface area contributed by atoms with E-state index in [0.29, 0.717) is 6.07 Å². The Morgan fingerprint density at radius 3 is 2.18 bits per heavy atom. The van der Waals surface area contributed by atoms with Crippen LogP contribution in [0.25, 0.3) is 0 Å². The van der Waals surface area contributed by atoms with Crippen LogP contribution in [0.3, 0.4) is 0 Å². The SMILES string of the molecule is O=C(Nc1ccc(F)cc1F)c1cc(CC(=O)C2C(c3cc(Cl)cc(S(F)(F)(F)(F)F)c3)C2(Cl)Cl)ccc1Cl. The fraction of sp³-hybridized carbons (Fsp3) is 0.167. The molecule has 0 heterocycles. The first-order chi connectivity index (χ1) is 17.7. The normalized spacial score (nSPS) is 20.1. The zero-order valence-electron chi connectivity index (χ0n) is 18.9. The Balaban J connectivity index is 1.56. The number of Topliss-reactive ketones (excluding diaryl/α,β-unsaturated/α-hetero) is 1. The van der Waals surface area contributed by atoms with Crippen LogP contribution in [0.4, 0.5) is 33.9 Å². The first-order valence-corrected chi connectivity index (χ1v) is 14.1. The number of nitrogens with one attached hydrogen (secondary N) is 1. The first-order valence-electron chi connectivity index (χ1n) is 10.7. The molecule has 4 rings (SSSR count). The van der Waals surface area contributed by atoms with Crippen LogP contribution in [0.15, 0.2) is 59.5 Å². The lowest BCUT2D eigenvalue weighted by Crippen LogP contribution is -2.15. The van der Waals surface area contributed by atoms with E-state index in [-0.39, 0.29) is 34.0 Å². The molecule has 1 saturated carbocycles. The highest BCUT2D eigenvalue weighted by molar-refractivity contribution is 8.45. The second-order valence-corrected chi connectivity index (χ2v) is 13.6. The highest BCUT2D eigenvalue weighted by Crippen LogP contribution is 3.02. The van der Waals surface area contributed by atoms with E-state index in [2.05, 4.69) is 5.32 Å². The van der Waals surface area contributed by atoms with E-state index in [9.17, 15) is 37.8 Å². The maximum atomic E-state index is 13.9. The third-order valence-electron chi connectivity index (χ3n) is 5.93. The lowest BCUT2D eigenvalue weighted by molar-refractivity contribution is -0.119. The second-order valence-electron chi connectivity index (χ2n) is 8.85. The van der Waals surface area contributed by atoms with Crippen LogP contribution in [0.1, 0.15) is 27.4 Å². The predicted octanol–water partition coefficient (Wildman–Crippen LogP) is 9.88. The summed E-state index contributed by atoms with van der Waals surface area (Å²) in [5, 5.41) is 1.51. The molecule has 0 bridgehead atoms. The monoisotopic (exact) mass is 653 g/mol. The third-order valence-corrected chi connectivity index (χ3v) is 8.55. The lowest BCUT2D eigenvalue weighted by atomic mass is 10.0. The molecule has 0 saturated heterocycles. The molecule has 15 heteroatoms. The Labute approximate surface area is 236 Å². The molecule has 0 aromatic heterocycles. The molecular weight excluding hydrogens is 641 g/mol. The average Bonchev–Trinajstić information content (AvgIpc) is 3.37. The number of rotatable bonds is 7. The van der Waals surface area contributed by atoms with E-state index in [1.54, 1.807) is 0 Å². The van der Waals surface area contributed by atoms with E-state index in [1.165, 1.54) is 18.2 Å². The zero-order chi connectivity index (χ0) is 29.2. The molecule has 2 unspecified atom stereocenters. The molecule has 210 valence electrons. The van der Waals surface area contributed by atoms with Crippen LogP contribution in [-0.4, -0.2) is 16.0 Å². The summed E-state index contributed by atoms with van der Waals surface area (Å²) in [7, 11) is -10.1. The number of amides is 1. The van der Waals surface area contributed by atoms with Crippen molar-refractivity contribution in [3.63, 3.8) is 0 Å². The van der Waals surface area contributed by atoms with Gasteiger partial charge in [0.25, 0.3) is 5.91 Å². The van der Waals surface area contributed by atoms with E-state index < -0.39 is 71.6 Å². The summed E-state index contributed by atoms with van der Waals surface area (Å²) in [5.74, 6) is -6.01. The predicted molar refractivity (Wildman–Crippen MR) is 138 cm³/mol. The van der Waals surface area contributed by atoms with Crippen LogP contribution in [-0.2, 0) is 11.2 Å². The summed E-state index contributed by atoms with van der Waals surface area (Å²) in [6.07, 6.45) is -0.417. The quantitative estimate of drug-likeness (QED) is 0.204. The first kappa shape index (κ1) is 29.8. The van der Waals surface area contributed by atoms with Gasteiger partial charge in [0.15, 0.2) is 0 Å². The molecule has 39 heavy (non-hydrogen) atoms. The topological polar surface area (TPSA) is 46.2 Å². The van der Waals surface area contributed by atoms with Crippen molar-refractivity contribution >= 4 is 74.0 Å². The molecule has 0 aliphatic heterocycles. The number of benzene rings is 3. The minimum atomic E-state index is -10.1. The number of hydrogen-bond donors (Lipinski definition) is 1. The Bertz CT molecular complexity index is 1530. The standard InChI is InChI=1S/C24H14Cl4F7NO2S/c25-13-7-12(8-15(9-13)39(31,32,33,34)35)21-22(24(21,27)28)20(37)6-11-1-3-17(26)16(5-11)23(38)36-19-4-2-14(29)10-18(19)30/h1-5,7-10,21-22H,6H2,(H,36,38). The van der Waals surface area contributed by atoms with Crippen molar-refractivity contribution in [3.8, 4) is 0 Å². The lowest BCUT2D eigenvalue weighted by Gasteiger charge is -2.40. The molecule has 2 atom stereocenters. The average molecular weight is 655 g/mol. The van der Waals surface area contributed by atoms with Gasteiger partial charge in [0, 0.05) is 23.4 Å². The summed E-state index contributed by atoms with van der Waals surface area (Å²) in [6.45, 7) is 0. The molecule has 1 N–H and O–H groups in total. The maximum absolute atomic E-state index is 13.9. The molecular formula is C24H14Cl4F7NO2S. The Morgan fingerprint density at radius 2 is 1.56 bits per heavy atom. The molecule has 1 aliphatic carbocycles. The Morgan fingerprint density at radius 1 is 0.897 bits per heavy atom. The van der Waals surface area contributed by atoms with Crippen molar-refractivity contribution in [2.24, 2.45) is 5.92 Å². The van der Waals surface area contributed by atoms with Gasteiger partial charge in [-0.3, -0.25) is 9.59 Å². The molecule has 3 nitrogen and oxygen atoms in total. The van der Waals surface area contributed by atoms with Crippen molar-refractivity contribution in [2.75, 3.05) is 5.32 Å². The van der Waals surface area contributed by atoms with Crippen molar-refractivity contribution in [3.05, 3.63) is 93.0 Å². The summed E-state index contributed by atoms with van der Waals surface area (Å²) in [5.41, 5.74) is -0.688. The minimum Gasteiger partial charge on any atom is -0.319 e. The molecule has 3 aromatic rings. The second kappa shape index (κ2) is 9.17. The highest BCUT2D eigenvalue weighted by atomic mass is 35.5. The number of ketones is 1. The number of alkyl halides is 2. The van der Waals surface area contributed by atoms with E-state index in [4.69, 9.17) is 46.4 Å². The van der Waals surface area contributed by atoms with Gasteiger partial charge in [-0.2, -0.15) is 0 Å². The van der Waals surface area contributed by atoms with E-state index in [0.717, 1.165) is 18.2 Å². The van der Waals surface area contributed by atoms with Gasteiger partial charge in [-0.05, 0) is 53.6 Å². The van der Waals surface area contributed by atoms with Crippen LogP contribution in [0.2, 0.25) is 10.0 Å². The molecule has 0 spiro atoms. The summed E-state index contributed by atoms with van der Waals surface area (Å²) in [4.78, 5) is 23.4. The highest BCUT2D eigenvalue weighted by Gasteiger charge is 2.69. The van der Waals surface area contributed by atoms with Crippen molar-refractivity contribution < 1.29 is 37.8 Å². The van der Waals surface area contributed by atoms with Crippen LogP contribution < -0.4 is 5.32 Å². The largest absolute Gasteiger partial charge is 0.319 e. The Hall–Kier alpha value is -2.18. The summed E-state index contributed by atoms with van der Waals surface area (Å²) in [6, 6.07) is 7.55. The van der Waals surface area contributed by atoms with Gasteiger partial charge in [0.05, 0.1) is 22.2 Å². The van der Waals surface area contributed by atoms with Gasteiger partial charge >= 0.3 is 10.2 Å². The summed E-state index contributed by atoms with van der Waals surface area (Å²) < 4.78 is 92.0. The van der Waals surface area contributed by atoms with E-state index >= 15 is 0 Å². The minimum absolute atomic E-state index is 0.0676. The van der Waals surface area contributed by atoms with Crippen molar-refractivity contribution in [1.82, 2.24) is 0 Å². The molecule has 1 amide bonds.